The zero-order valence-electron chi connectivity index (χ0n) is 13.1. The number of hydrogen-bond donors (Lipinski definition) is 1. The van der Waals surface area contributed by atoms with Crippen LogP contribution in [-0.2, 0) is 0 Å². The van der Waals surface area contributed by atoms with Crippen molar-refractivity contribution in [2.75, 3.05) is 32.7 Å². The van der Waals surface area contributed by atoms with Crippen molar-refractivity contribution in [2.24, 2.45) is 5.92 Å². The van der Waals surface area contributed by atoms with Crippen LogP contribution in [0.4, 0.5) is 4.79 Å². The molecule has 0 radical (unpaired) electrons. The van der Waals surface area contributed by atoms with E-state index in [2.05, 4.69) is 19.2 Å². The zero-order valence-corrected chi connectivity index (χ0v) is 13.1. The Bertz CT molecular complexity index is 266. The van der Waals surface area contributed by atoms with Crippen LogP contribution in [0, 0.1) is 5.92 Å². The van der Waals surface area contributed by atoms with Crippen molar-refractivity contribution in [3.05, 3.63) is 0 Å². The fourth-order valence-electron chi connectivity index (χ4n) is 2.91. The normalized spacial score (nSPS) is 23.5. The van der Waals surface area contributed by atoms with Gasteiger partial charge in [-0.15, -0.1) is 0 Å². The van der Waals surface area contributed by atoms with Crippen molar-refractivity contribution in [2.45, 2.75) is 53.0 Å². The molecular formula is C15H31N3O. The van der Waals surface area contributed by atoms with Crippen LogP contribution in [0.2, 0.25) is 0 Å². The van der Waals surface area contributed by atoms with Gasteiger partial charge in [0.2, 0.25) is 0 Å². The van der Waals surface area contributed by atoms with Crippen molar-refractivity contribution < 1.29 is 4.79 Å². The van der Waals surface area contributed by atoms with E-state index in [0.29, 0.717) is 12.0 Å². The second kappa shape index (κ2) is 8.41. The molecule has 112 valence electrons. The van der Waals surface area contributed by atoms with Gasteiger partial charge < -0.3 is 15.1 Å². The number of hydrogen-bond acceptors (Lipinski definition) is 2. The first kappa shape index (κ1) is 16.3. The number of urea groups is 1. The number of nitrogens with zero attached hydrogens (tertiary/aromatic N) is 2. The lowest BCUT2D eigenvalue weighted by atomic mass is 9.90. The predicted molar refractivity (Wildman–Crippen MR) is 80.4 cm³/mol. The van der Waals surface area contributed by atoms with Crippen molar-refractivity contribution in [1.82, 2.24) is 15.1 Å². The topological polar surface area (TPSA) is 35.6 Å². The molecule has 2 atom stereocenters. The van der Waals surface area contributed by atoms with Crippen LogP contribution in [0.5, 0.6) is 0 Å². The molecule has 0 aromatic rings. The predicted octanol–water partition coefficient (Wildman–Crippen LogP) is 2.55. The first-order valence-electron chi connectivity index (χ1n) is 7.94. The molecule has 4 heteroatoms. The minimum Gasteiger partial charge on any atom is -0.325 e. The number of rotatable bonds is 6. The molecule has 19 heavy (non-hydrogen) atoms. The Morgan fingerprint density at radius 2 is 1.95 bits per heavy atom. The highest BCUT2D eigenvalue weighted by Gasteiger charge is 2.31. The van der Waals surface area contributed by atoms with Crippen molar-refractivity contribution in [3.8, 4) is 0 Å². The van der Waals surface area contributed by atoms with Crippen LogP contribution in [0.25, 0.3) is 0 Å². The highest BCUT2D eigenvalue weighted by molar-refractivity contribution is 5.74. The maximum absolute atomic E-state index is 12.4. The SMILES string of the molecule is CCCNC1CCN(C(=O)N(CC)CC)CC1CC. The molecule has 1 aliphatic heterocycles. The lowest BCUT2D eigenvalue weighted by molar-refractivity contribution is 0.115. The first-order chi connectivity index (χ1) is 9.17. The van der Waals surface area contributed by atoms with Crippen LogP contribution in [0.3, 0.4) is 0 Å². The summed E-state index contributed by atoms with van der Waals surface area (Å²) in [5, 5.41) is 3.64. The quantitative estimate of drug-likeness (QED) is 0.804. The van der Waals surface area contributed by atoms with Crippen LogP contribution >= 0.6 is 0 Å². The maximum atomic E-state index is 12.4. The monoisotopic (exact) mass is 269 g/mol. The van der Waals surface area contributed by atoms with Gasteiger partial charge in [0, 0.05) is 32.2 Å². The Hall–Kier alpha value is -0.770. The third kappa shape index (κ3) is 4.37. The standard InChI is InChI=1S/C15H31N3O/c1-5-10-16-14-9-11-18(12-13(14)6-2)15(19)17(7-3)8-4/h13-14,16H,5-12H2,1-4H3. The lowest BCUT2D eigenvalue weighted by Gasteiger charge is -2.40. The van der Waals surface area contributed by atoms with Gasteiger partial charge in [-0.2, -0.15) is 0 Å². The smallest absolute Gasteiger partial charge is 0.319 e. The highest BCUT2D eigenvalue weighted by Crippen LogP contribution is 2.21. The molecule has 0 bridgehead atoms. The Kier molecular flexibility index (Phi) is 7.21. The zero-order chi connectivity index (χ0) is 14.3. The van der Waals surface area contributed by atoms with Crippen LogP contribution < -0.4 is 5.32 Å². The van der Waals surface area contributed by atoms with Crippen LogP contribution in [0.1, 0.15) is 47.0 Å². The van der Waals surface area contributed by atoms with E-state index >= 15 is 0 Å². The molecule has 0 aliphatic carbocycles. The van der Waals surface area contributed by atoms with E-state index in [0.717, 1.165) is 45.6 Å². The fraction of sp³-hybridized carbons (Fsp3) is 0.933. The average Bonchev–Trinajstić information content (AvgIpc) is 2.46. The molecule has 1 rings (SSSR count). The first-order valence-corrected chi connectivity index (χ1v) is 7.94. The minimum atomic E-state index is 0.220. The summed E-state index contributed by atoms with van der Waals surface area (Å²) in [6, 6.07) is 0.808. The number of likely N-dealkylation sites (tertiary alicyclic amines) is 1. The minimum absolute atomic E-state index is 0.220. The number of nitrogens with one attached hydrogen (secondary N) is 1. The lowest BCUT2D eigenvalue weighted by Crippen LogP contribution is -2.54. The van der Waals surface area contributed by atoms with E-state index in [9.17, 15) is 4.79 Å². The van der Waals surface area contributed by atoms with Gasteiger partial charge in [-0.25, -0.2) is 4.79 Å². The summed E-state index contributed by atoms with van der Waals surface area (Å²) in [7, 11) is 0. The fourth-order valence-corrected chi connectivity index (χ4v) is 2.91. The molecule has 0 spiro atoms. The van der Waals surface area contributed by atoms with E-state index < -0.39 is 0 Å². The van der Waals surface area contributed by atoms with Gasteiger partial charge in [0.25, 0.3) is 0 Å². The number of carbonyl (C=O) groups is 1. The summed E-state index contributed by atoms with van der Waals surface area (Å²) in [4.78, 5) is 16.3. The van der Waals surface area contributed by atoms with Gasteiger partial charge in [-0.3, -0.25) is 0 Å². The van der Waals surface area contributed by atoms with Crippen molar-refractivity contribution in [3.63, 3.8) is 0 Å². The molecule has 1 aliphatic rings. The summed E-state index contributed by atoms with van der Waals surface area (Å²) in [6.07, 6.45) is 3.41. The van der Waals surface area contributed by atoms with Gasteiger partial charge in [-0.1, -0.05) is 20.3 Å². The van der Waals surface area contributed by atoms with Gasteiger partial charge >= 0.3 is 6.03 Å². The number of piperidine rings is 1. The molecular weight excluding hydrogens is 238 g/mol. The molecule has 0 aromatic heterocycles. The Morgan fingerprint density at radius 1 is 1.26 bits per heavy atom. The third-order valence-corrected chi connectivity index (χ3v) is 4.22. The second-order valence-corrected chi connectivity index (χ2v) is 5.42. The summed E-state index contributed by atoms with van der Waals surface area (Å²) >= 11 is 0. The van der Waals surface area contributed by atoms with Crippen LogP contribution in [0.15, 0.2) is 0 Å². The van der Waals surface area contributed by atoms with E-state index in [-0.39, 0.29) is 6.03 Å². The molecule has 0 saturated carbocycles. The molecule has 4 nitrogen and oxygen atoms in total. The van der Waals surface area contributed by atoms with E-state index in [1.165, 1.54) is 6.42 Å². The molecule has 1 N–H and O–H groups in total. The second-order valence-electron chi connectivity index (χ2n) is 5.42. The van der Waals surface area contributed by atoms with Gasteiger partial charge in [-0.05, 0) is 39.2 Å². The average molecular weight is 269 g/mol. The molecule has 2 unspecified atom stereocenters. The summed E-state index contributed by atoms with van der Waals surface area (Å²) in [5.74, 6) is 0.597. The maximum Gasteiger partial charge on any atom is 0.319 e. The molecule has 2 amide bonds. The number of carbonyl (C=O) groups excluding carboxylic acids is 1. The van der Waals surface area contributed by atoms with Crippen molar-refractivity contribution in [1.29, 1.82) is 0 Å². The van der Waals surface area contributed by atoms with E-state index in [1.807, 2.05) is 23.6 Å². The Morgan fingerprint density at radius 3 is 2.47 bits per heavy atom. The third-order valence-electron chi connectivity index (χ3n) is 4.22. The van der Waals surface area contributed by atoms with E-state index in [1.54, 1.807) is 0 Å². The molecule has 1 saturated heterocycles. The molecule has 1 heterocycles. The van der Waals surface area contributed by atoms with Gasteiger partial charge in [0.15, 0.2) is 0 Å². The Balaban J connectivity index is 2.55. The van der Waals surface area contributed by atoms with E-state index in [4.69, 9.17) is 0 Å². The van der Waals surface area contributed by atoms with Gasteiger partial charge in [0.1, 0.15) is 0 Å². The molecule has 1 fully saturated rings. The summed E-state index contributed by atoms with van der Waals surface area (Å²) in [6.45, 7) is 13.0. The summed E-state index contributed by atoms with van der Waals surface area (Å²) in [5.41, 5.74) is 0. The highest BCUT2D eigenvalue weighted by atomic mass is 16.2. The largest absolute Gasteiger partial charge is 0.325 e. The van der Waals surface area contributed by atoms with Crippen LogP contribution in [-0.4, -0.2) is 54.6 Å². The molecule has 0 aromatic carbocycles. The van der Waals surface area contributed by atoms with Crippen molar-refractivity contribution >= 4 is 6.03 Å². The Labute approximate surface area is 118 Å². The number of amides is 2. The summed E-state index contributed by atoms with van der Waals surface area (Å²) < 4.78 is 0. The van der Waals surface area contributed by atoms with Gasteiger partial charge in [0.05, 0.1) is 0 Å².